The lowest BCUT2D eigenvalue weighted by molar-refractivity contribution is 0.102. The van der Waals surface area contributed by atoms with Crippen molar-refractivity contribution < 1.29 is 4.79 Å². The number of rotatable bonds is 4. The Morgan fingerprint density at radius 3 is 2.72 bits per heavy atom. The van der Waals surface area contributed by atoms with E-state index in [0.717, 1.165) is 21.8 Å². The number of carbonyl (C=O) groups excluding carboxylic acids is 1. The van der Waals surface area contributed by atoms with Gasteiger partial charge in [-0.05, 0) is 24.3 Å². The SMILES string of the molecule is Cn1cc(-c2ncccc2C(=O)Nc2ccc(-c3cn4ccsc4n3)cc2)cn1. The topological polar surface area (TPSA) is 77.1 Å². The molecule has 0 aliphatic heterocycles. The summed E-state index contributed by atoms with van der Waals surface area (Å²) in [6.45, 7) is 0. The molecule has 8 heteroatoms. The average molecular weight is 400 g/mol. The van der Waals surface area contributed by atoms with Crippen LogP contribution in [0.2, 0.25) is 0 Å². The lowest BCUT2D eigenvalue weighted by Crippen LogP contribution is -2.13. The highest BCUT2D eigenvalue weighted by Gasteiger charge is 2.15. The first kappa shape index (κ1) is 17.3. The van der Waals surface area contributed by atoms with Crippen molar-refractivity contribution in [2.45, 2.75) is 0 Å². The van der Waals surface area contributed by atoms with Gasteiger partial charge >= 0.3 is 0 Å². The second-order valence-electron chi connectivity index (χ2n) is 6.55. The molecule has 4 aromatic heterocycles. The van der Waals surface area contributed by atoms with Gasteiger partial charge in [0.25, 0.3) is 5.91 Å². The van der Waals surface area contributed by atoms with Crippen LogP contribution in [0.15, 0.2) is 72.8 Å². The first-order chi connectivity index (χ1) is 14.2. The number of carbonyl (C=O) groups is 1. The normalized spacial score (nSPS) is 11.1. The van der Waals surface area contributed by atoms with Crippen LogP contribution in [0.4, 0.5) is 5.69 Å². The van der Waals surface area contributed by atoms with Crippen molar-refractivity contribution in [3.8, 4) is 22.5 Å². The first-order valence-corrected chi connectivity index (χ1v) is 9.83. The Bertz CT molecular complexity index is 1290. The summed E-state index contributed by atoms with van der Waals surface area (Å²) < 4.78 is 3.68. The quantitative estimate of drug-likeness (QED) is 0.492. The molecule has 0 radical (unpaired) electrons. The summed E-state index contributed by atoms with van der Waals surface area (Å²) in [5.41, 5.74) is 4.51. The van der Waals surface area contributed by atoms with Gasteiger partial charge in [-0.3, -0.25) is 18.9 Å². The zero-order valence-corrected chi connectivity index (χ0v) is 16.3. The number of fused-ring (bicyclic) bond motifs is 1. The molecule has 4 heterocycles. The molecule has 1 N–H and O–H groups in total. The summed E-state index contributed by atoms with van der Waals surface area (Å²) in [4.78, 5) is 22.8. The van der Waals surface area contributed by atoms with E-state index in [0.29, 0.717) is 16.9 Å². The van der Waals surface area contributed by atoms with Crippen LogP contribution in [0.3, 0.4) is 0 Å². The average Bonchev–Trinajstić information content (AvgIpc) is 3.45. The third-order valence-corrected chi connectivity index (χ3v) is 5.33. The Balaban J connectivity index is 1.38. The Hall–Kier alpha value is -3.78. The van der Waals surface area contributed by atoms with E-state index in [9.17, 15) is 4.79 Å². The molecule has 0 saturated heterocycles. The summed E-state index contributed by atoms with van der Waals surface area (Å²) in [5, 5.41) is 9.11. The molecule has 0 unspecified atom stereocenters. The summed E-state index contributed by atoms with van der Waals surface area (Å²) in [5.74, 6) is -0.216. The van der Waals surface area contributed by atoms with Gasteiger partial charge in [-0.2, -0.15) is 5.10 Å². The molecular formula is C21H16N6OS. The Morgan fingerprint density at radius 2 is 1.97 bits per heavy atom. The number of aryl methyl sites for hydroxylation is 1. The first-order valence-electron chi connectivity index (χ1n) is 8.95. The number of imidazole rings is 1. The third-order valence-electron chi connectivity index (χ3n) is 4.56. The molecule has 0 atom stereocenters. The highest BCUT2D eigenvalue weighted by molar-refractivity contribution is 7.15. The molecule has 0 aliphatic carbocycles. The van der Waals surface area contributed by atoms with Crippen molar-refractivity contribution in [3.05, 3.63) is 78.3 Å². The van der Waals surface area contributed by atoms with E-state index in [2.05, 4.69) is 20.4 Å². The van der Waals surface area contributed by atoms with Crippen molar-refractivity contribution >= 4 is 27.9 Å². The number of nitrogens with one attached hydrogen (secondary N) is 1. The van der Waals surface area contributed by atoms with Gasteiger partial charge in [0, 0.05) is 54.0 Å². The number of amides is 1. The number of nitrogens with zero attached hydrogens (tertiary/aromatic N) is 5. The van der Waals surface area contributed by atoms with Crippen LogP contribution >= 0.6 is 11.3 Å². The fraction of sp³-hybridized carbons (Fsp3) is 0.0476. The number of thiazole rings is 1. The zero-order valence-electron chi connectivity index (χ0n) is 15.5. The second-order valence-corrected chi connectivity index (χ2v) is 7.43. The standard InChI is InChI=1S/C21H16N6OS/c1-26-12-15(11-23-26)19-17(3-2-8-22-19)20(28)24-16-6-4-14(5-7-16)18-13-27-9-10-29-21(27)25-18/h2-13H,1H3,(H,24,28). The van der Waals surface area contributed by atoms with E-state index in [1.807, 2.05) is 59.7 Å². The van der Waals surface area contributed by atoms with Gasteiger partial charge in [0.1, 0.15) is 0 Å². The fourth-order valence-corrected chi connectivity index (χ4v) is 3.85. The fourth-order valence-electron chi connectivity index (χ4n) is 3.15. The van der Waals surface area contributed by atoms with Crippen molar-refractivity contribution in [3.63, 3.8) is 0 Å². The lowest BCUT2D eigenvalue weighted by Gasteiger charge is -2.09. The molecule has 0 saturated carbocycles. The van der Waals surface area contributed by atoms with Gasteiger partial charge < -0.3 is 5.32 Å². The highest BCUT2D eigenvalue weighted by atomic mass is 32.1. The summed E-state index contributed by atoms with van der Waals surface area (Å²) in [7, 11) is 1.83. The Labute approximate surface area is 170 Å². The Kier molecular flexibility index (Phi) is 4.18. The molecule has 7 nitrogen and oxygen atoms in total. The maximum Gasteiger partial charge on any atom is 0.257 e. The van der Waals surface area contributed by atoms with E-state index in [4.69, 9.17) is 0 Å². The van der Waals surface area contributed by atoms with Crippen LogP contribution in [0, 0.1) is 0 Å². The van der Waals surface area contributed by atoms with E-state index < -0.39 is 0 Å². The van der Waals surface area contributed by atoms with Crippen molar-refractivity contribution in [2.24, 2.45) is 7.05 Å². The van der Waals surface area contributed by atoms with E-state index >= 15 is 0 Å². The molecule has 0 spiro atoms. The van der Waals surface area contributed by atoms with Gasteiger partial charge in [-0.15, -0.1) is 11.3 Å². The minimum atomic E-state index is -0.216. The number of benzene rings is 1. The minimum absolute atomic E-state index is 0.216. The molecule has 0 bridgehead atoms. The summed E-state index contributed by atoms with van der Waals surface area (Å²) in [6, 6.07) is 11.2. The number of hydrogen-bond acceptors (Lipinski definition) is 5. The number of aromatic nitrogens is 5. The van der Waals surface area contributed by atoms with Gasteiger partial charge in [-0.1, -0.05) is 12.1 Å². The maximum atomic E-state index is 12.9. The monoisotopic (exact) mass is 400 g/mol. The van der Waals surface area contributed by atoms with Gasteiger partial charge in [-0.25, -0.2) is 4.98 Å². The highest BCUT2D eigenvalue weighted by Crippen LogP contribution is 2.24. The van der Waals surface area contributed by atoms with Crippen molar-refractivity contribution in [1.29, 1.82) is 0 Å². The smallest absolute Gasteiger partial charge is 0.257 e. The molecular weight excluding hydrogens is 384 g/mol. The van der Waals surface area contributed by atoms with Crippen LogP contribution in [-0.2, 0) is 7.05 Å². The minimum Gasteiger partial charge on any atom is -0.322 e. The van der Waals surface area contributed by atoms with Gasteiger partial charge in [0.2, 0.25) is 0 Å². The lowest BCUT2D eigenvalue weighted by atomic mass is 10.1. The molecule has 1 aromatic carbocycles. The number of pyridine rings is 1. The van der Waals surface area contributed by atoms with E-state index in [-0.39, 0.29) is 5.91 Å². The van der Waals surface area contributed by atoms with E-state index in [1.54, 1.807) is 40.5 Å². The molecule has 29 heavy (non-hydrogen) atoms. The molecule has 142 valence electrons. The molecule has 0 fully saturated rings. The van der Waals surface area contributed by atoms with Crippen LogP contribution in [0.1, 0.15) is 10.4 Å². The van der Waals surface area contributed by atoms with Crippen LogP contribution in [-0.4, -0.2) is 30.1 Å². The molecule has 5 aromatic rings. The number of hydrogen-bond donors (Lipinski definition) is 1. The van der Waals surface area contributed by atoms with Crippen molar-refractivity contribution in [1.82, 2.24) is 24.1 Å². The van der Waals surface area contributed by atoms with Gasteiger partial charge in [0.15, 0.2) is 4.96 Å². The largest absolute Gasteiger partial charge is 0.322 e. The maximum absolute atomic E-state index is 12.9. The van der Waals surface area contributed by atoms with Crippen molar-refractivity contribution in [2.75, 3.05) is 5.32 Å². The molecule has 5 rings (SSSR count). The van der Waals surface area contributed by atoms with Crippen LogP contribution in [0.5, 0.6) is 0 Å². The van der Waals surface area contributed by atoms with E-state index in [1.165, 1.54) is 0 Å². The van der Waals surface area contributed by atoms with Gasteiger partial charge in [0.05, 0.1) is 23.1 Å². The molecule has 1 amide bonds. The zero-order chi connectivity index (χ0) is 19.8. The second kappa shape index (κ2) is 6.99. The Morgan fingerprint density at radius 1 is 1.10 bits per heavy atom. The van der Waals surface area contributed by atoms with Crippen LogP contribution < -0.4 is 5.32 Å². The predicted octanol–water partition coefficient (Wildman–Crippen LogP) is 4.11. The molecule has 0 aliphatic rings. The van der Waals surface area contributed by atoms with Crippen LogP contribution in [0.25, 0.3) is 27.5 Å². The number of anilines is 1. The summed E-state index contributed by atoms with van der Waals surface area (Å²) in [6.07, 6.45) is 9.19. The summed E-state index contributed by atoms with van der Waals surface area (Å²) >= 11 is 1.60. The predicted molar refractivity (Wildman–Crippen MR) is 113 cm³/mol. The third kappa shape index (κ3) is 3.30.